The second-order valence-corrected chi connectivity index (χ2v) is 7.56. The van der Waals surface area contributed by atoms with Crippen LogP contribution in [0, 0.1) is 0 Å². The van der Waals surface area contributed by atoms with E-state index in [1.54, 1.807) is 0 Å². The zero-order valence-electron chi connectivity index (χ0n) is 15.4. The van der Waals surface area contributed by atoms with E-state index >= 15 is 0 Å². The number of hydrogen-bond donors (Lipinski definition) is 7. The molecule has 3 fully saturated rings. The molecule has 11 nitrogen and oxygen atoms in total. The van der Waals surface area contributed by atoms with Crippen molar-refractivity contribution < 1.29 is 54.7 Å². The van der Waals surface area contributed by atoms with Gasteiger partial charge in [-0.15, -0.1) is 0 Å². The van der Waals surface area contributed by atoms with Gasteiger partial charge in [-0.2, -0.15) is 0 Å². The molecule has 0 radical (unpaired) electrons. The minimum absolute atomic E-state index is 0.238. The Balaban J connectivity index is 1.62. The van der Waals surface area contributed by atoms with Crippen LogP contribution in [0.3, 0.4) is 0 Å². The fraction of sp³-hybridized carbons (Fsp3) is 1.00. The molecule has 0 aliphatic carbocycles. The third-order valence-electron chi connectivity index (χ3n) is 5.52. The van der Waals surface area contributed by atoms with Gasteiger partial charge in [0.15, 0.2) is 6.29 Å². The van der Waals surface area contributed by atoms with Crippen LogP contribution in [0.25, 0.3) is 0 Å². The SMILES string of the molecule is OC[C@H]1O[C@@H](O[C@H]2[C@H](O)[C@@H](O)[C@H](CCCC3CO3)O[C@@H]2CO)[C@H](O)[C@@H](O)[C@@H]1O. The molecular formula is C17H30O11. The molecule has 3 saturated heterocycles. The van der Waals surface area contributed by atoms with Crippen molar-refractivity contribution in [2.45, 2.75) is 86.6 Å². The minimum Gasteiger partial charge on any atom is -0.394 e. The van der Waals surface area contributed by atoms with Gasteiger partial charge in [-0.25, -0.2) is 0 Å². The van der Waals surface area contributed by atoms with Gasteiger partial charge in [0.05, 0.1) is 32.0 Å². The molecule has 1 unspecified atom stereocenters. The van der Waals surface area contributed by atoms with Crippen molar-refractivity contribution in [1.29, 1.82) is 0 Å². The maximum Gasteiger partial charge on any atom is 0.187 e. The van der Waals surface area contributed by atoms with Crippen LogP contribution in [0.15, 0.2) is 0 Å². The van der Waals surface area contributed by atoms with E-state index in [1.807, 2.05) is 0 Å². The largest absolute Gasteiger partial charge is 0.394 e. The summed E-state index contributed by atoms with van der Waals surface area (Å²) in [6, 6.07) is 0. The third kappa shape index (κ3) is 4.82. The lowest BCUT2D eigenvalue weighted by Crippen LogP contribution is -2.64. The predicted molar refractivity (Wildman–Crippen MR) is 90.0 cm³/mol. The van der Waals surface area contributed by atoms with Crippen molar-refractivity contribution >= 4 is 0 Å². The van der Waals surface area contributed by atoms with Crippen LogP contribution in [0.5, 0.6) is 0 Å². The Morgan fingerprint density at radius 1 is 0.714 bits per heavy atom. The molecule has 11 atom stereocenters. The van der Waals surface area contributed by atoms with E-state index in [9.17, 15) is 35.7 Å². The summed E-state index contributed by atoms with van der Waals surface area (Å²) in [6.45, 7) is -0.424. The van der Waals surface area contributed by atoms with Crippen molar-refractivity contribution in [3.05, 3.63) is 0 Å². The molecule has 164 valence electrons. The molecule has 3 aliphatic heterocycles. The fourth-order valence-corrected chi connectivity index (χ4v) is 3.69. The van der Waals surface area contributed by atoms with E-state index in [4.69, 9.17) is 18.9 Å². The number of ether oxygens (including phenoxy) is 4. The van der Waals surface area contributed by atoms with Gasteiger partial charge in [0, 0.05) is 0 Å². The van der Waals surface area contributed by atoms with Crippen molar-refractivity contribution in [1.82, 2.24) is 0 Å². The Morgan fingerprint density at radius 3 is 1.96 bits per heavy atom. The van der Waals surface area contributed by atoms with Gasteiger partial charge < -0.3 is 54.7 Å². The quantitative estimate of drug-likeness (QED) is 0.195. The molecule has 3 rings (SSSR count). The molecule has 3 heterocycles. The maximum absolute atomic E-state index is 10.5. The van der Waals surface area contributed by atoms with Crippen molar-refractivity contribution in [3.63, 3.8) is 0 Å². The summed E-state index contributed by atoms with van der Waals surface area (Å²) in [7, 11) is 0. The molecule has 3 aliphatic rings. The normalized spacial score (nSPS) is 49.2. The van der Waals surface area contributed by atoms with Crippen molar-refractivity contribution in [2.24, 2.45) is 0 Å². The van der Waals surface area contributed by atoms with Crippen LogP contribution in [-0.4, -0.2) is 123 Å². The van der Waals surface area contributed by atoms with E-state index in [1.165, 1.54) is 0 Å². The van der Waals surface area contributed by atoms with Crippen LogP contribution < -0.4 is 0 Å². The first-order valence-corrected chi connectivity index (χ1v) is 9.57. The summed E-state index contributed by atoms with van der Waals surface area (Å²) in [5.74, 6) is 0. The highest BCUT2D eigenvalue weighted by molar-refractivity contribution is 4.95. The first kappa shape index (κ1) is 22.2. The van der Waals surface area contributed by atoms with Gasteiger partial charge in [-0.05, 0) is 19.3 Å². The Bertz CT molecular complexity index is 486. The summed E-state index contributed by atoms with van der Waals surface area (Å²) in [4.78, 5) is 0. The van der Waals surface area contributed by atoms with E-state index in [2.05, 4.69) is 0 Å². The molecule has 11 heteroatoms. The van der Waals surface area contributed by atoms with Crippen LogP contribution in [-0.2, 0) is 18.9 Å². The molecule has 0 aromatic carbocycles. The molecule has 0 saturated carbocycles. The molecular weight excluding hydrogens is 380 g/mol. The summed E-state index contributed by atoms with van der Waals surface area (Å²) >= 11 is 0. The first-order valence-electron chi connectivity index (χ1n) is 9.57. The molecule has 0 spiro atoms. The van der Waals surface area contributed by atoms with Gasteiger partial charge in [0.2, 0.25) is 0 Å². The lowest BCUT2D eigenvalue weighted by Gasteiger charge is -2.46. The van der Waals surface area contributed by atoms with Crippen molar-refractivity contribution in [3.8, 4) is 0 Å². The highest BCUT2D eigenvalue weighted by Crippen LogP contribution is 2.31. The molecule has 0 amide bonds. The lowest BCUT2D eigenvalue weighted by molar-refractivity contribution is -0.342. The van der Waals surface area contributed by atoms with Crippen LogP contribution in [0.4, 0.5) is 0 Å². The molecule has 7 N–H and O–H groups in total. The number of aliphatic hydroxyl groups is 7. The average molecular weight is 410 g/mol. The molecule has 0 bridgehead atoms. The van der Waals surface area contributed by atoms with Gasteiger partial charge in [0.1, 0.15) is 48.8 Å². The lowest BCUT2D eigenvalue weighted by atomic mass is 9.91. The summed E-state index contributed by atoms with van der Waals surface area (Å²) < 4.78 is 21.6. The summed E-state index contributed by atoms with van der Waals surface area (Å²) in [5.41, 5.74) is 0. The standard InChI is InChI=1S/C17H30O11/c18-4-9-12(21)13(22)15(24)17(27-9)28-16-10(5-19)26-8(11(20)14(16)23)3-1-2-7-6-25-7/h7-24H,1-6H2/t7?,8-,9+,10+,11-,12+,13-,14+,15+,16+,17-/m0/s1. The Hall–Kier alpha value is -0.440. The van der Waals surface area contributed by atoms with Gasteiger partial charge in [-0.1, -0.05) is 0 Å². The summed E-state index contributed by atoms with van der Waals surface area (Å²) in [5, 5.41) is 69.5. The van der Waals surface area contributed by atoms with Gasteiger partial charge in [-0.3, -0.25) is 0 Å². The molecule has 0 aromatic rings. The maximum atomic E-state index is 10.5. The number of epoxide rings is 1. The van der Waals surface area contributed by atoms with Gasteiger partial charge >= 0.3 is 0 Å². The van der Waals surface area contributed by atoms with E-state index in [0.717, 1.165) is 19.4 Å². The van der Waals surface area contributed by atoms with E-state index in [-0.39, 0.29) is 6.10 Å². The number of aliphatic hydroxyl groups excluding tert-OH is 7. The smallest absolute Gasteiger partial charge is 0.187 e. The van der Waals surface area contributed by atoms with Crippen LogP contribution in [0.1, 0.15) is 19.3 Å². The zero-order valence-corrected chi connectivity index (χ0v) is 15.4. The van der Waals surface area contributed by atoms with Crippen molar-refractivity contribution in [2.75, 3.05) is 19.8 Å². The van der Waals surface area contributed by atoms with Crippen LogP contribution in [0.2, 0.25) is 0 Å². The van der Waals surface area contributed by atoms with E-state index < -0.39 is 74.4 Å². The number of rotatable bonds is 8. The monoisotopic (exact) mass is 410 g/mol. The first-order chi connectivity index (χ1) is 13.4. The fourth-order valence-electron chi connectivity index (χ4n) is 3.69. The topological polar surface area (TPSA) is 182 Å². The third-order valence-corrected chi connectivity index (χ3v) is 5.52. The second kappa shape index (κ2) is 9.58. The predicted octanol–water partition coefficient (Wildman–Crippen LogP) is -3.78. The zero-order chi connectivity index (χ0) is 20.4. The van der Waals surface area contributed by atoms with E-state index in [0.29, 0.717) is 6.42 Å². The highest BCUT2D eigenvalue weighted by Gasteiger charge is 2.50. The highest BCUT2D eigenvalue weighted by atomic mass is 16.7. The average Bonchev–Trinajstić information content (AvgIpc) is 3.51. The summed E-state index contributed by atoms with van der Waals surface area (Å²) in [6.07, 6.45) is -11.0. The number of hydrogen-bond acceptors (Lipinski definition) is 11. The molecule has 0 aromatic heterocycles. The minimum atomic E-state index is -1.67. The van der Waals surface area contributed by atoms with Crippen LogP contribution >= 0.6 is 0 Å². The molecule has 28 heavy (non-hydrogen) atoms. The van der Waals surface area contributed by atoms with Gasteiger partial charge in [0.25, 0.3) is 0 Å². The Labute approximate surface area is 162 Å². The Morgan fingerprint density at radius 2 is 1.36 bits per heavy atom. The Kier molecular flexibility index (Phi) is 7.61. The second-order valence-electron chi connectivity index (χ2n) is 7.56.